The molecule has 62 heavy (non-hydrogen) atoms. The van der Waals surface area contributed by atoms with Gasteiger partial charge in [-0.05, 0) is 41.9 Å². The van der Waals surface area contributed by atoms with Crippen LogP contribution in [0.25, 0.3) is 0 Å². The van der Waals surface area contributed by atoms with Gasteiger partial charge >= 0.3 is 23.0 Å². The minimum absolute atomic E-state index is 0. The molecule has 0 saturated carbocycles. The van der Waals surface area contributed by atoms with Crippen LogP contribution in [0.2, 0.25) is 0 Å². The van der Waals surface area contributed by atoms with Crippen molar-refractivity contribution >= 4 is 5.97 Å². The summed E-state index contributed by atoms with van der Waals surface area (Å²) in [5.41, 5.74) is 5.60. The van der Waals surface area contributed by atoms with Gasteiger partial charge in [0.1, 0.15) is 24.4 Å². The molecular formula is C51H54FeO10. The second-order valence-electron chi connectivity index (χ2n) is 14.6. The summed E-state index contributed by atoms with van der Waals surface area (Å²) >= 11 is 0. The molecule has 2 aliphatic rings. The molecule has 0 spiro atoms. The summed E-state index contributed by atoms with van der Waals surface area (Å²) in [6, 6.07) is 47.6. The van der Waals surface area contributed by atoms with E-state index in [4.69, 9.17) is 33.2 Å². The number of esters is 1. The van der Waals surface area contributed by atoms with E-state index in [1.54, 1.807) is 31.2 Å². The summed E-state index contributed by atoms with van der Waals surface area (Å²) < 4.78 is 49.6. The number of methoxy groups -OCH3 is 1. The largest absolute Gasteiger partial charge is 2.00 e. The summed E-state index contributed by atoms with van der Waals surface area (Å²) in [5.74, 6) is -1.20. The number of carbonyl (C=O) groups excluding carboxylic acids is 1. The summed E-state index contributed by atoms with van der Waals surface area (Å²) in [5, 5.41) is 10.7. The topological polar surface area (TPSA) is 114 Å². The SMILES string of the molecule is COC([O-])=C1C=CC=C1.C[C@H](CO[C@H]1O[C@H](COCc2ccccc2)[C@@H](OCc2ccccc2)[C@H](OCc2ccccc2)[C@@H]1OCc1ccccc1)C(=O)OCc1ccc[cH-]1.[Fe+2]. The molecule has 5 aromatic rings. The minimum Gasteiger partial charge on any atom is -0.616 e. The molecule has 0 N–H and O–H groups in total. The van der Waals surface area contributed by atoms with Crippen molar-refractivity contribution in [3.05, 3.63) is 209 Å². The normalized spacial score (nSPS) is 19.5. The molecule has 5 aromatic carbocycles. The fourth-order valence-corrected chi connectivity index (χ4v) is 6.62. The first-order valence-electron chi connectivity index (χ1n) is 20.5. The average Bonchev–Trinajstić information content (AvgIpc) is 4.06. The molecule has 1 saturated heterocycles. The van der Waals surface area contributed by atoms with Gasteiger partial charge in [-0.15, -0.1) is 5.56 Å². The molecule has 11 heteroatoms. The fraction of sp³-hybridized carbons (Fsp3) is 0.294. The molecule has 1 fully saturated rings. The number of ether oxygens (including phenoxy) is 8. The van der Waals surface area contributed by atoms with Gasteiger partial charge in [0.05, 0.1) is 58.1 Å². The number of rotatable bonds is 20. The number of hydrogen-bond acceptors (Lipinski definition) is 10. The van der Waals surface area contributed by atoms with Crippen LogP contribution in [0.1, 0.15) is 34.7 Å². The Morgan fingerprint density at radius 1 is 0.645 bits per heavy atom. The Morgan fingerprint density at radius 2 is 1.15 bits per heavy atom. The first-order valence-corrected chi connectivity index (χ1v) is 20.5. The Labute approximate surface area is 375 Å². The molecule has 10 nitrogen and oxygen atoms in total. The maximum atomic E-state index is 13.0. The molecule has 7 rings (SSSR count). The first kappa shape index (κ1) is 47.8. The van der Waals surface area contributed by atoms with Crippen molar-refractivity contribution in [2.24, 2.45) is 5.92 Å². The summed E-state index contributed by atoms with van der Waals surface area (Å²) in [6.45, 7) is 3.58. The van der Waals surface area contributed by atoms with Crippen molar-refractivity contribution in [3.63, 3.8) is 0 Å². The second-order valence-corrected chi connectivity index (χ2v) is 14.6. The number of hydrogen-bond donors (Lipinski definition) is 0. The predicted molar refractivity (Wildman–Crippen MR) is 229 cm³/mol. The van der Waals surface area contributed by atoms with Crippen LogP contribution in [0.3, 0.4) is 0 Å². The van der Waals surface area contributed by atoms with Crippen molar-refractivity contribution in [3.8, 4) is 0 Å². The van der Waals surface area contributed by atoms with Gasteiger partial charge in [-0.2, -0.15) is 12.1 Å². The van der Waals surface area contributed by atoms with E-state index >= 15 is 0 Å². The molecular weight excluding hydrogens is 828 g/mol. The quantitative estimate of drug-likeness (QED) is 0.0329. The monoisotopic (exact) mass is 882 g/mol. The van der Waals surface area contributed by atoms with Crippen molar-refractivity contribution in [1.82, 2.24) is 0 Å². The molecule has 0 radical (unpaired) electrons. The van der Waals surface area contributed by atoms with Crippen LogP contribution in [0, 0.1) is 5.92 Å². The van der Waals surface area contributed by atoms with E-state index in [1.165, 1.54) is 7.11 Å². The Bertz CT molecular complexity index is 2060. The van der Waals surface area contributed by atoms with Gasteiger partial charge in [-0.25, -0.2) is 12.1 Å². The number of allylic oxidation sites excluding steroid dienone is 5. The average molecular weight is 883 g/mol. The zero-order chi connectivity index (χ0) is 42.5. The third-order valence-corrected chi connectivity index (χ3v) is 9.95. The molecule has 0 bridgehead atoms. The van der Waals surface area contributed by atoms with Gasteiger partial charge in [-0.1, -0.05) is 146 Å². The van der Waals surface area contributed by atoms with Gasteiger partial charge in [0.15, 0.2) is 6.29 Å². The van der Waals surface area contributed by atoms with Crippen LogP contribution in [-0.2, 0) is 92.8 Å². The Kier molecular flexibility index (Phi) is 20.3. The number of carbonyl (C=O) groups is 1. The predicted octanol–water partition coefficient (Wildman–Crippen LogP) is 8.13. The molecule has 1 aliphatic carbocycles. The van der Waals surface area contributed by atoms with Gasteiger partial charge in [0.2, 0.25) is 0 Å². The summed E-state index contributed by atoms with van der Waals surface area (Å²) in [6.07, 6.45) is 3.59. The van der Waals surface area contributed by atoms with Gasteiger partial charge in [0, 0.05) is 0 Å². The first-order chi connectivity index (χ1) is 30.0. The van der Waals surface area contributed by atoms with Crippen molar-refractivity contribution in [2.45, 2.75) is 70.7 Å². The third-order valence-electron chi connectivity index (χ3n) is 9.95. The molecule has 0 aromatic heterocycles. The molecule has 0 unspecified atom stereocenters. The van der Waals surface area contributed by atoms with Crippen LogP contribution in [0.15, 0.2) is 181 Å². The second kappa shape index (κ2) is 26.3. The third kappa shape index (κ3) is 15.3. The van der Waals surface area contributed by atoms with E-state index in [9.17, 15) is 9.90 Å². The van der Waals surface area contributed by atoms with Crippen LogP contribution in [0.4, 0.5) is 0 Å². The zero-order valence-corrected chi connectivity index (χ0v) is 36.1. The van der Waals surface area contributed by atoms with E-state index in [2.05, 4.69) is 4.74 Å². The van der Waals surface area contributed by atoms with E-state index in [-0.39, 0.29) is 55.4 Å². The van der Waals surface area contributed by atoms with Crippen molar-refractivity contribution in [1.29, 1.82) is 0 Å². The van der Waals surface area contributed by atoms with Crippen LogP contribution in [-0.4, -0.2) is 57.0 Å². The van der Waals surface area contributed by atoms with E-state index in [1.807, 2.05) is 146 Å². The Morgan fingerprint density at radius 3 is 1.65 bits per heavy atom. The fourth-order valence-electron chi connectivity index (χ4n) is 6.62. The molecule has 326 valence electrons. The molecule has 1 aliphatic heterocycles. The van der Waals surface area contributed by atoms with Crippen LogP contribution >= 0.6 is 0 Å². The smallest absolute Gasteiger partial charge is 0.616 e. The van der Waals surface area contributed by atoms with Crippen LogP contribution in [0.5, 0.6) is 0 Å². The molecule has 1 heterocycles. The van der Waals surface area contributed by atoms with Crippen molar-refractivity contribution < 1.29 is 64.9 Å². The maximum Gasteiger partial charge on any atom is 2.00 e. The van der Waals surface area contributed by atoms with E-state index in [0.717, 1.165) is 27.8 Å². The van der Waals surface area contributed by atoms with E-state index < -0.39 is 36.6 Å². The minimum atomic E-state index is -0.906. The van der Waals surface area contributed by atoms with Gasteiger partial charge in [0.25, 0.3) is 0 Å². The molecule has 0 amide bonds. The number of benzene rings is 4. The van der Waals surface area contributed by atoms with E-state index in [0.29, 0.717) is 25.4 Å². The standard InChI is InChI=1S/C44H47O8.C7H8O2.Fe/c1-33(43(45)50-31-38-24-14-15-25-38)26-51-44-42(49-30-37-22-12-5-13-23-37)41(48-29-36-20-10-4-11-21-36)40(47-28-35-18-8-3-9-19-35)39(52-44)32-46-27-34-16-6-2-7-17-34;1-9-7(8)6-4-2-3-5-6;/h2-25,33,39-42,44H,26-32H2,1H3;2-5,8H,1H3;/q-1;;+2/p-1/t33-,39-,40-,41+,42+,44+;;/m1../s1. The summed E-state index contributed by atoms with van der Waals surface area (Å²) in [7, 11) is 1.37. The Balaban J connectivity index is 0.000000646. The van der Waals surface area contributed by atoms with Gasteiger partial charge in [-0.3, -0.25) is 4.79 Å². The van der Waals surface area contributed by atoms with Gasteiger partial charge < -0.3 is 43.0 Å². The molecule has 6 atom stereocenters. The Hall–Kier alpha value is -5.20. The zero-order valence-electron chi connectivity index (χ0n) is 35.0. The maximum absolute atomic E-state index is 13.0. The van der Waals surface area contributed by atoms with Crippen LogP contribution < -0.4 is 5.11 Å². The summed E-state index contributed by atoms with van der Waals surface area (Å²) in [4.78, 5) is 13.0. The van der Waals surface area contributed by atoms with Crippen molar-refractivity contribution in [2.75, 3.05) is 20.3 Å².